The summed E-state index contributed by atoms with van der Waals surface area (Å²) in [4.78, 5) is 24.8. The van der Waals surface area contributed by atoms with Gasteiger partial charge in [0, 0.05) is 0 Å². The first kappa shape index (κ1) is 14.0. The summed E-state index contributed by atoms with van der Waals surface area (Å²) >= 11 is 0. The van der Waals surface area contributed by atoms with Crippen molar-refractivity contribution in [1.82, 2.24) is 4.90 Å². The van der Waals surface area contributed by atoms with E-state index in [1.165, 1.54) is 11.8 Å². The van der Waals surface area contributed by atoms with E-state index < -0.39 is 17.7 Å². The van der Waals surface area contributed by atoms with Gasteiger partial charge in [-0.15, -0.1) is 0 Å². The number of nitrogens with zero attached hydrogens (tertiary/aromatic N) is 1. The molecule has 1 aliphatic rings. The van der Waals surface area contributed by atoms with E-state index in [0.717, 1.165) is 0 Å². The lowest BCUT2D eigenvalue weighted by molar-refractivity contribution is -0.121. The summed E-state index contributed by atoms with van der Waals surface area (Å²) in [5.41, 5.74) is -0.596. The maximum Gasteiger partial charge on any atom is 0.411 e. The van der Waals surface area contributed by atoms with Crippen molar-refractivity contribution in [3.8, 4) is 0 Å². The lowest BCUT2D eigenvalue weighted by Crippen LogP contribution is -2.47. The van der Waals surface area contributed by atoms with Crippen LogP contribution < -0.4 is 0 Å². The van der Waals surface area contributed by atoms with Crippen LogP contribution in [0, 0.1) is 0 Å². The molecule has 0 bridgehead atoms. The van der Waals surface area contributed by atoms with E-state index in [-0.39, 0.29) is 18.4 Å². The van der Waals surface area contributed by atoms with Crippen LogP contribution in [-0.4, -0.2) is 46.2 Å². The number of ketones is 1. The van der Waals surface area contributed by atoms with E-state index in [0.29, 0.717) is 12.8 Å². The highest BCUT2D eigenvalue weighted by molar-refractivity contribution is 5.86. The minimum absolute atomic E-state index is 0.0631. The van der Waals surface area contributed by atoms with Crippen molar-refractivity contribution in [3.05, 3.63) is 0 Å². The second kappa shape index (κ2) is 5.04. The molecule has 0 aromatic rings. The van der Waals surface area contributed by atoms with Gasteiger partial charge in [-0.25, -0.2) is 4.79 Å². The van der Waals surface area contributed by atoms with Gasteiger partial charge < -0.3 is 9.84 Å². The Labute approximate surface area is 102 Å². The van der Waals surface area contributed by atoms with Gasteiger partial charge in [-0.2, -0.15) is 0 Å². The van der Waals surface area contributed by atoms with Crippen molar-refractivity contribution >= 4 is 11.9 Å². The quantitative estimate of drug-likeness (QED) is 0.794. The number of amides is 1. The van der Waals surface area contributed by atoms with E-state index in [1.54, 1.807) is 20.8 Å². The Kier molecular flexibility index (Phi) is 4.14. The first-order valence-corrected chi connectivity index (χ1v) is 5.89. The molecule has 0 saturated carbocycles. The molecule has 0 spiro atoms. The standard InChI is InChI=1S/C12H21NO4/c1-8(15)10-6-5-9(7-14)13(10)11(16)17-12(2,3)4/h9-10,14H,5-7H2,1-4H3/t9-,10+/m1/s1. The Hall–Kier alpha value is -1.10. The van der Waals surface area contributed by atoms with Gasteiger partial charge >= 0.3 is 6.09 Å². The third-order valence-corrected chi connectivity index (χ3v) is 2.79. The molecule has 1 rings (SSSR count). The maximum atomic E-state index is 12.0. The molecule has 1 fully saturated rings. The molecule has 0 radical (unpaired) electrons. The fourth-order valence-corrected chi connectivity index (χ4v) is 2.05. The van der Waals surface area contributed by atoms with Gasteiger partial charge in [-0.05, 0) is 40.5 Å². The number of Topliss-reactive ketones (excluding diaryl/α,β-unsaturated/α-hetero) is 1. The minimum Gasteiger partial charge on any atom is -0.444 e. The molecule has 1 heterocycles. The van der Waals surface area contributed by atoms with E-state index >= 15 is 0 Å². The molecule has 1 amide bonds. The molecule has 0 unspecified atom stereocenters. The molecule has 1 N–H and O–H groups in total. The number of ether oxygens (including phenoxy) is 1. The van der Waals surface area contributed by atoms with Gasteiger partial charge in [0.1, 0.15) is 5.60 Å². The third-order valence-electron chi connectivity index (χ3n) is 2.79. The zero-order valence-electron chi connectivity index (χ0n) is 10.9. The minimum atomic E-state index is -0.596. The Bertz CT molecular complexity index is 308. The smallest absolute Gasteiger partial charge is 0.411 e. The number of carbonyl (C=O) groups is 2. The summed E-state index contributed by atoms with van der Waals surface area (Å²) in [6.45, 7) is 6.65. The van der Waals surface area contributed by atoms with E-state index in [2.05, 4.69) is 0 Å². The predicted octanol–water partition coefficient (Wildman–Crippen LogP) is 1.34. The van der Waals surface area contributed by atoms with Gasteiger partial charge in [0.15, 0.2) is 5.78 Å². The van der Waals surface area contributed by atoms with Crippen LogP contribution in [-0.2, 0) is 9.53 Å². The molecular formula is C12H21NO4. The van der Waals surface area contributed by atoms with E-state index in [4.69, 9.17) is 4.74 Å². The largest absolute Gasteiger partial charge is 0.444 e. The first-order chi connectivity index (χ1) is 7.76. The molecular weight excluding hydrogens is 222 g/mol. The molecule has 0 aliphatic carbocycles. The Morgan fingerprint density at radius 3 is 2.35 bits per heavy atom. The first-order valence-electron chi connectivity index (χ1n) is 5.89. The SMILES string of the molecule is CC(=O)[C@@H]1CC[C@H](CO)N1C(=O)OC(C)(C)C. The molecule has 1 aliphatic heterocycles. The second-order valence-corrected chi connectivity index (χ2v) is 5.43. The number of carbonyl (C=O) groups excluding carboxylic acids is 2. The van der Waals surface area contributed by atoms with Crippen molar-refractivity contribution in [2.75, 3.05) is 6.61 Å². The maximum absolute atomic E-state index is 12.0. The van der Waals surface area contributed by atoms with Gasteiger partial charge in [0.2, 0.25) is 0 Å². The zero-order chi connectivity index (χ0) is 13.2. The Balaban J connectivity index is 2.82. The average molecular weight is 243 g/mol. The van der Waals surface area contributed by atoms with Crippen LogP contribution in [0.1, 0.15) is 40.5 Å². The van der Waals surface area contributed by atoms with Gasteiger partial charge in [0.25, 0.3) is 0 Å². The summed E-state index contributed by atoms with van der Waals surface area (Å²) in [6.07, 6.45) is 0.717. The fraction of sp³-hybridized carbons (Fsp3) is 0.833. The highest BCUT2D eigenvalue weighted by atomic mass is 16.6. The molecule has 98 valence electrons. The third kappa shape index (κ3) is 3.43. The van der Waals surface area contributed by atoms with Crippen molar-refractivity contribution in [2.45, 2.75) is 58.2 Å². The molecule has 0 aromatic heterocycles. The fourth-order valence-electron chi connectivity index (χ4n) is 2.05. The van der Waals surface area contributed by atoms with Crippen LogP contribution in [0.3, 0.4) is 0 Å². The average Bonchev–Trinajstić information content (AvgIpc) is 2.57. The highest BCUT2D eigenvalue weighted by Gasteiger charge is 2.40. The molecule has 2 atom stereocenters. The predicted molar refractivity (Wildman–Crippen MR) is 62.6 cm³/mol. The number of hydrogen-bond donors (Lipinski definition) is 1. The van der Waals surface area contributed by atoms with Gasteiger partial charge in [0.05, 0.1) is 18.7 Å². The van der Waals surface area contributed by atoms with Crippen molar-refractivity contribution in [2.24, 2.45) is 0 Å². The molecule has 1 saturated heterocycles. The summed E-state index contributed by atoms with van der Waals surface area (Å²) in [7, 11) is 0. The molecule has 5 nitrogen and oxygen atoms in total. The van der Waals surface area contributed by atoms with Crippen molar-refractivity contribution in [1.29, 1.82) is 0 Å². The second-order valence-electron chi connectivity index (χ2n) is 5.43. The topological polar surface area (TPSA) is 66.8 Å². The number of hydrogen-bond acceptors (Lipinski definition) is 4. The summed E-state index contributed by atoms with van der Waals surface area (Å²) in [5, 5.41) is 9.22. The van der Waals surface area contributed by atoms with Crippen LogP contribution in [0.5, 0.6) is 0 Å². The van der Waals surface area contributed by atoms with Crippen molar-refractivity contribution < 1.29 is 19.4 Å². The number of rotatable bonds is 2. The molecule has 0 aromatic carbocycles. The number of aliphatic hydroxyl groups excluding tert-OH is 1. The van der Waals surface area contributed by atoms with Crippen LogP contribution in [0.15, 0.2) is 0 Å². The summed E-state index contributed by atoms with van der Waals surface area (Å²) in [5.74, 6) is -0.0631. The Morgan fingerprint density at radius 1 is 1.35 bits per heavy atom. The monoisotopic (exact) mass is 243 g/mol. The van der Waals surface area contributed by atoms with E-state index in [1.807, 2.05) is 0 Å². The van der Waals surface area contributed by atoms with Gasteiger partial charge in [-0.1, -0.05) is 0 Å². The normalized spacial score (nSPS) is 24.9. The molecule has 5 heteroatoms. The Morgan fingerprint density at radius 2 is 1.94 bits per heavy atom. The van der Waals surface area contributed by atoms with Crippen LogP contribution in [0.25, 0.3) is 0 Å². The van der Waals surface area contributed by atoms with E-state index in [9.17, 15) is 14.7 Å². The van der Waals surface area contributed by atoms with Gasteiger partial charge in [-0.3, -0.25) is 9.69 Å². The number of aliphatic hydroxyl groups is 1. The lowest BCUT2D eigenvalue weighted by atomic mass is 10.1. The summed E-state index contributed by atoms with van der Waals surface area (Å²) in [6, 6.07) is -0.763. The van der Waals surface area contributed by atoms with Crippen molar-refractivity contribution in [3.63, 3.8) is 0 Å². The van der Waals surface area contributed by atoms with Crippen LogP contribution in [0.2, 0.25) is 0 Å². The number of likely N-dealkylation sites (tertiary alicyclic amines) is 1. The lowest BCUT2D eigenvalue weighted by Gasteiger charge is -2.30. The zero-order valence-corrected chi connectivity index (χ0v) is 10.9. The molecule has 17 heavy (non-hydrogen) atoms. The highest BCUT2D eigenvalue weighted by Crippen LogP contribution is 2.26. The summed E-state index contributed by atoms with van der Waals surface area (Å²) < 4.78 is 5.26. The van der Waals surface area contributed by atoms with Crippen LogP contribution >= 0.6 is 0 Å². The van der Waals surface area contributed by atoms with Crippen LogP contribution in [0.4, 0.5) is 4.79 Å².